The fourth-order valence-electron chi connectivity index (χ4n) is 2.70. The molecule has 0 spiro atoms. The van der Waals surface area contributed by atoms with Crippen molar-refractivity contribution in [2.24, 2.45) is 11.8 Å². The van der Waals surface area contributed by atoms with Crippen molar-refractivity contribution in [3.63, 3.8) is 0 Å². The van der Waals surface area contributed by atoms with Gasteiger partial charge in [-0.15, -0.1) is 0 Å². The molecule has 1 fully saturated rings. The fourth-order valence-corrected chi connectivity index (χ4v) is 2.70. The Labute approximate surface area is 155 Å². The number of benzene rings is 1. The van der Waals surface area contributed by atoms with E-state index in [-0.39, 0.29) is 49.5 Å². The predicted molar refractivity (Wildman–Crippen MR) is 92.8 cm³/mol. The van der Waals surface area contributed by atoms with E-state index >= 15 is 0 Å². The molecule has 27 heavy (non-hydrogen) atoms. The Morgan fingerprint density at radius 1 is 1.22 bits per heavy atom. The Morgan fingerprint density at radius 3 is 2.52 bits per heavy atom. The van der Waals surface area contributed by atoms with E-state index in [2.05, 4.69) is 10.6 Å². The van der Waals surface area contributed by atoms with Crippen LogP contribution in [-0.2, 0) is 20.6 Å². The van der Waals surface area contributed by atoms with Crippen molar-refractivity contribution < 1.29 is 27.6 Å². The van der Waals surface area contributed by atoms with E-state index in [0.29, 0.717) is 0 Å². The minimum absolute atomic E-state index is 0.0182. The van der Waals surface area contributed by atoms with Crippen LogP contribution in [0.25, 0.3) is 0 Å². The Kier molecular flexibility index (Phi) is 6.45. The first kappa shape index (κ1) is 20.7. The number of alkyl halides is 3. The quantitative estimate of drug-likeness (QED) is 0.735. The van der Waals surface area contributed by atoms with Crippen molar-refractivity contribution in [1.29, 1.82) is 0 Å². The van der Waals surface area contributed by atoms with Gasteiger partial charge in [0.05, 0.1) is 11.5 Å². The SMILES string of the molecule is CC(C)C(=O)NCCNC(=O)[C@H]1CC(=O)N(c2cccc(C(F)(F)F)c2)C1. The highest BCUT2D eigenvalue weighted by Gasteiger charge is 2.36. The molecule has 2 N–H and O–H groups in total. The molecule has 3 amide bonds. The van der Waals surface area contributed by atoms with Gasteiger partial charge in [0.1, 0.15) is 0 Å². The average Bonchev–Trinajstić information content (AvgIpc) is 2.99. The van der Waals surface area contributed by atoms with Gasteiger partial charge in [-0.2, -0.15) is 13.2 Å². The van der Waals surface area contributed by atoms with E-state index in [0.717, 1.165) is 12.1 Å². The van der Waals surface area contributed by atoms with Gasteiger partial charge in [-0.05, 0) is 18.2 Å². The molecule has 0 radical (unpaired) electrons. The fraction of sp³-hybridized carbons (Fsp3) is 0.500. The minimum Gasteiger partial charge on any atom is -0.354 e. The van der Waals surface area contributed by atoms with E-state index < -0.39 is 23.6 Å². The smallest absolute Gasteiger partial charge is 0.354 e. The Balaban J connectivity index is 1.91. The maximum Gasteiger partial charge on any atom is 0.416 e. The molecule has 1 aliphatic rings. The second kappa shape index (κ2) is 8.41. The van der Waals surface area contributed by atoms with Crippen molar-refractivity contribution >= 4 is 23.4 Å². The summed E-state index contributed by atoms with van der Waals surface area (Å²) in [4.78, 5) is 37.0. The summed E-state index contributed by atoms with van der Waals surface area (Å²) < 4.78 is 38.5. The number of rotatable bonds is 6. The zero-order chi connectivity index (χ0) is 20.2. The molecular weight excluding hydrogens is 363 g/mol. The second-order valence-corrected chi connectivity index (χ2v) is 6.69. The van der Waals surface area contributed by atoms with Gasteiger partial charge in [0.25, 0.3) is 0 Å². The van der Waals surface area contributed by atoms with Crippen LogP contribution in [0.1, 0.15) is 25.8 Å². The van der Waals surface area contributed by atoms with E-state index in [1.165, 1.54) is 17.0 Å². The summed E-state index contributed by atoms with van der Waals surface area (Å²) in [5.74, 6) is -1.70. The van der Waals surface area contributed by atoms with E-state index in [1.54, 1.807) is 13.8 Å². The Hall–Kier alpha value is -2.58. The molecule has 1 aromatic carbocycles. The molecule has 1 heterocycles. The maximum atomic E-state index is 12.8. The van der Waals surface area contributed by atoms with Gasteiger partial charge in [0.15, 0.2) is 0 Å². The molecular formula is C18H22F3N3O3. The number of hydrogen-bond acceptors (Lipinski definition) is 3. The lowest BCUT2D eigenvalue weighted by molar-refractivity contribution is -0.137. The van der Waals surface area contributed by atoms with Crippen LogP contribution in [0, 0.1) is 11.8 Å². The molecule has 0 aliphatic carbocycles. The molecule has 148 valence electrons. The number of hydrogen-bond donors (Lipinski definition) is 2. The van der Waals surface area contributed by atoms with Crippen molar-refractivity contribution in [3.05, 3.63) is 29.8 Å². The molecule has 0 saturated carbocycles. The van der Waals surface area contributed by atoms with E-state index in [4.69, 9.17) is 0 Å². The first-order valence-corrected chi connectivity index (χ1v) is 8.62. The molecule has 1 aliphatic heterocycles. The zero-order valence-electron chi connectivity index (χ0n) is 15.1. The van der Waals surface area contributed by atoms with Gasteiger partial charge >= 0.3 is 6.18 Å². The normalized spacial score (nSPS) is 17.3. The second-order valence-electron chi connectivity index (χ2n) is 6.69. The molecule has 1 atom stereocenters. The topological polar surface area (TPSA) is 78.5 Å². The monoisotopic (exact) mass is 385 g/mol. The zero-order valence-corrected chi connectivity index (χ0v) is 15.1. The van der Waals surface area contributed by atoms with Crippen molar-refractivity contribution in [2.75, 3.05) is 24.5 Å². The third kappa shape index (κ3) is 5.45. The van der Waals surface area contributed by atoms with E-state index in [1.807, 2.05) is 0 Å². The highest BCUT2D eigenvalue weighted by molar-refractivity contribution is 6.00. The summed E-state index contributed by atoms with van der Waals surface area (Å²) in [6, 6.07) is 4.48. The van der Waals surface area contributed by atoms with Gasteiger partial charge in [0, 0.05) is 37.7 Å². The highest BCUT2D eigenvalue weighted by Crippen LogP contribution is 2.33. The van der Waals surface area contributed by atoms with Crippen molar-refractivity contribution in [1.82, 2.24) is 10.6 Å². The van der Waals surface area contributed by atoms with Crippen LogP contribution in [0.2, 0.25) is 0 Å². The number of carbonyl (C=O) groups is 3. The molecule has 2 rings (SSSR count). The number of carbonyl (C=O) groups excluding carboxylic acids is 3. The lowest BCUT2D eigenvalue weighted by Gasteiger charge is -2.18. The van der Waals surface area contributed by atoms with Crippen LogP contribution in [0.5, 0.6) is 0 Å². The molecule has 1 aromatic rings. The number of anilines is 1. The summed E-state index contributed by atoms with van der Waals surface area (Å²) >= 11 is 0. The molecule has 0 bridgehead atoms. The first-order chi connectivity index (χ1) is 12.6. The molecule has 0 aromatic heterocycles. The molecule has 1 saturated heterocycles. The largest absolute Gasteiger partial charge is 0.416 e. The molecule has 6 nitrogen and oxygen atoms in total. The minimum atomic E-state index is -4.50. The van der Waals surface area contributed by atoms with Crippen LogP contribution in [0.15, 0.2) is 24.3 Å². The summed E-state index contributed by atoms with van der Waals surface area (Å²) in [5, 5.41) is 5.29. The number of amides is 3. The Morgan fingerprint density at radius 2 is 1.89 bits per heavy atom. The van der Waals surface area contributed by atoms with Crippen LogP contribution < -0.4 is 15.5 Å². The van der Waals surface area contributed by atoms with Gasteiger partial charge in [-0.25, -0.2) is 0 Å². The van der Waals surface area contributed by atoms with Gasteiger partial charge in [-0.1, -0.05) is 19.9 Å². The van der Waals surface area contributed by atoms with Crippen LogP contribution in [-0.4, -0.2) is 37.4 Å². The summed E-state index contributed by atoms with van der Waals surface area (Å²) in [5.41, 5.74) is -0.726. The van der Waals surface area contributed by atoms with Gasteiger partial charge in [-0.3, -0.25) is 14.4 Å². The Bertz CT molecular complexity index is 719. The number of halogens is 3. The maximum absolute atomic E-state index is 12.8. The van der Waals surface area contributed by atoms with Crippen molar-refractivity contribution in [3.8, 4) is 0 Å². The standard InChI is InChI=1S/C18H22F3N3O3/c1-11(2)16(26)22-6-7-23-17(27)12-8-15(25)24(10-12)14-5-3-4-13(9-14)18(19,20)21/h3-5,9,11-12H,6-8,10H2,1-2H3,(H,22,26)(H,23,27)/t12-/m0/s1. The number of nitrogens with one attached hydrogen (secondary N) is 2. The summed E-state index contributed by atoms with van der Waals surface area (Å²) in [6.45, 7) is 4.00. The lowest BCUT2D eigenvalue weighted by Crippen LogP contribution is -2.39. The summed E-state index contributed by atoms with van der Waals surface area (Å²) in [6.07, 6.45) is -4.57. The van der Waals surface area contributed by atoms with Crippen molar-refractivity contribution in [2.45, 2.75) is 26.4 Å². The van der Waals surface area contributed by atoms with E-state index in [9.17, 15) is 27.6 Å². The van der Waals surface area contributed by atoms with Gasteiger partial charge < -0.3 is 15.5 Å². The molecule has 0 unspecified atom stereocenters. The van der Waals surface area contributed by atoms with Crippen LogP contribution in [0.4, 0.5) is 18.9 Å². The average molecular weight is 385 g/mol. The summed E-state index contributed by atoms with van der Waals surface area (Å²) in [7, 11) is 0. The van der Waals surface area contributed by atoms with Gasteiger partial charge in [0.2, 0.25) is 17.7 Å². The van der Waals surface area contributed by atoms with Crippen LogP contribution >= 0.6 is 0 Å². The number of nitrogens with zero attached hydrogens (tertiary/aromatic N) is 1. The predicted octanol–water partition coefficient (Wildman–Crippen LogP) is 1.95. The molecule has 9 heteroatoms. The third-order valence-electron chi connectivity index (χ3n) is 4.23. The first-order valence-electron chi connectivity index (χ1n) is 8.62. The lowest BCUT2D eigenvalue weighted by atomic mass is 10.1. The van der Waals surface area contributed by atoms with Crippen LogP contribution in [0.3, 0.4) is 0 Å². The third-order valence-corrected chi connectivity index (χ3v) is 4.23. The highest BCUT2D eigenvalue weighted by atomic mass is 19.4.